The van der Waals surface area contributed by atoms with Gasteiger partial charge >= 0.3 is 6.09 Å². The fourth-order valence-electron chi connectivity index (χ4n) is 3.78. The monoisotopic (exact) mass is 468 g/mol. The summed E-state index contributed by atoms with van der Waals surface area (Å²) < 4.78 is 6.43. The Hall–Kier alpha value is -2.82. The number of anilines is 1. The molecule has 3 heterocycles. The summed E-state index contributed by atoms with van der Waals surface area (Å²) in [5, 5.41) is 14.7. The molecule has 1 amide bonds. The quantitative estimate of drug-likeness (QED) is 0.488. The van der Waals surface area contributed by atoms with Crippen LogP contribution in [0, 0.1) is 11.3 Å². The van der Waals surface area contributed by atoms with E-state index in [1.54, 1.807) is 22.4 Å². The molecule has 1 aliphatic heterocycles. The number of thiophene rings is 1. The van der Waals surface area contributed by atoms with Gasteiger partial charge in [0.25, 0.3) is 0 Å². The molecule has 1 aromatic carbocycles. The first-order valence-electron chi connectivity index (χ1n) is 10.6. The van der Waals surface area contributed by atoms with Gasteiger partial charge in [-0.25, -0.2) is 9.78 Å². The number of hydrogen-bond acceptors (Lipinski definition) is 6. The molecular weight excluding hydrogens is 444 g/mol. The molecule has 0 radical (unpaired) electrons. The molecule has 6 nitrogen and oxygen atoms in total. The molecule has 1 atom stereocenters. The highest BCUT2D eigenvalue weighted by molar-refractivity contribution is 7.22. The van der Waals surface area contributed by atoms with Crippen molar-refractivity contribution in [2.45, 2.75) is 45.3 Å². The maximum absolute atomic E-state index is 12.5. The number of fused-ring (bicyclic) bond motifs is 1. The van der Waals surface area contributed by atoms with Crippen LogP contribution in [0.25, 0.3) is 20.5 Å². The molecule has 0 bridgehead atoms. The molecule has 0 aliphatic carbocycles. The molecular formula is C24H25ClN4O2S. The van der Waals surface area contributed by atoms with Crippen LogP contribution in [-0.4, -0.2) is 40.7 Å². The molecule has 8 heteroatoms. The van der Waals surface area contributed by atoms with Crippen molar-refractivity contribution in [3.05, 3.63) is 47.1 Å². The Bertz CT molecular complexity index is 1190. The first-order valence-corrected chi connectivity index (χ1v) is 11.8. The summed E-state index contributed by atoms with van der Waals surface area (Å²) in [6.07, 6.45) is 3.12. The minimum Gasteiger partial charge on any atom is -0.444 e. The highest BCUT2D eigenvalue weighted by atomic mass is 35.5. The summed E-state index contributed by atoms with van der Waals surface area (Å²) in [6, 6.07) is 12.0. The van der Waals surface area contributed by atoms with Gasteiger partial charge in [-0.15, -0.1) is 11.3 Å². The summed E-state index contributed by atoms with van der Waals surface area (Å²) in [5.41, 5.74) is 1.02. The van der Waals surface area contributed by atoms with E-state index in [9.17, 15) is 10.1 Å². The number of likely N-dealkylation sites (tertiary alicyclic amines) is 1. The zero-order valence-electron chi connectivity index (χ0n) is 18.3. The third kappa shape index (κ3) is 4.98. The lowest BCUT2D eigenvalue weighted by molar-refractivity contribution is 0.0206. The normalized spacial score (nSPS) is 16.6. The average molecular weight is 469 g/mol. The largest absolute Gasteiger partial charge is 0.444 e. The zero-order chi connectivity index (χ0) is 22.9. The van der Waals surface area contributed by atoms with E-state index < -0.39 is 5.60 Å². The van der Waals surface area contributed by atoms with Crippen molar-refractivity contribution in [2.75, 3.05) is 18.4 Å². The molecule has 1 aliphatic rings. The summed E-state index contributed by atoms with van der Waals surface area (Å²) in [6.45, 7) is 6.84. The number of piperidine rings is 1. The second-order valence-electron chi connectivity index (χ2n) is 8.91. The highest BCUT2D eigenvalue weighted by Crippen LogP contribution is 2.39. The summed E-state index contributed by atoms with van der Waals surface area (Å²) in [4.78, 5) is 19.8. The van der Waals surface area contributed by atoms with E-state index >= 15 is 0 Å². The second-order valence-corrected chi connectivity index (χ2v) is 10.4. The predicted octanol–water partition coefficient (Wildman–Crippen LogP) is 6.30. The maximum Gasteiger partial charge on any atom is 0.410 e. The van der Waals surface area contributed by atoms with Crippen LogP contribution in [0.15, 0.2) is 36.5 Å². The van der Waals surface area contributed by atoms with Crippen LogP contribution >= 0.6 is 22.9 Å². The standard InChI is InChI=1S/C24H25ClN4O2S/c1-24(2,3)31-23(30)29-9-5-8-18(14-29)28-22-19-11-20(15-6-4-7-17(25)10-15)32-21(19)16(12-26)13-27-22/h4,6-7,10-11,13,18H,5,8-9,14H2,1-3H3,(H,27,28)/t18-/m0/s1. The van der Waals surface area contributed by atoms with Gasteiger partial charge in [0.05, 0.1) is 10.3 Å². The van der Waals surface area contributed by atoms with Gasteiger partial charge in [0.1, 0.15) is 17.5 Å². The van der Waals surface area contributed by atoms with Gasteiger partial charge < -0.3 is 15.0 Å². The van der Waals surface area contributed by atoms with Crippen LogP contribution in [-0.2, 0) is 4.74 Å². The number of carbonyl (C=O) groups is 1. The maximum atomic E-state index is 12.5. The molecule has 0 spiro atoms. The molecule has 1 fully saturated rings. The van der Waals surface area contributed by atoms with Crippen LogP contribution in [0.3, 0.4) is 0 Å². The number of halogens is 1. The number of hydrogen-bond donors (Lipinski definition) is 1. The number of aromatic nitrogens is 1. The zero-order valence-corrected chi connectivity index (χ0v) is 19.9. The van der Waals surface area contributed by atoms with Gasteiger partial charge in [-0.3, -0.25) is 0 Å². The Balaban J connectivity index is 1.60. The number of pyridine rings is 1. The van der Waals surface area contributed by atoms with Crippen molar-refractivity contribution in [3.8, 4) is 16.5 Å². The number of nitrogens with zero attached hydrogens (tertiary/aromatic N) is 3. The van der Waals surface area contributed by atoms with Gasteiger partial charge in [0.15, 0.2) is 0 Å². The first-order chi connectivity index (χ1) is 15.2. The van der Waals surface area contributed by atoms with Crippen molar-refractivity contribution in [1.82, 2.24) is 9.88 Å². The van der Waals surface area contributed by atoms with Crippen molar-refractivity contribution in [3.63, 3.8) is 0 Å². The lowest BCUT2D eigenvalue weighted by atomic mass is 10.1. The summed E-state index contributed by atoms with van der Waals surface area (Å²) >= 11 is 7.73. The Kier molecular flexibility index (Phi) is 6.27. The van der Waals surface area contributed by atoms with E-state index in [2.05, 4.69) is 22.4 Å². The van der Waals surface area contributed by atoms with E-state index in [1.165, 1.54) is 0 Å². The Morgan fingerprint density at radius 2 is 2.19 bits per heavy atom. The fourth-order valence-corrected chi connectivity index (χ4v) is 5.09. The van der Waals surface area contributed by atoms with Crippen LogP contribution in [0.2, 0.25) is 5.02 Å². The predicted molar refractivity (Wildman–Crippen MR) is 129 cm³/mol. The molecule has 4 rings (SSSR count). The van der Waals surface area contributed by atoms with Crippen molar-refractivity contribution >= 4 is 44.9 Å². The molecule has 32 heavy (non-hydrogen) atoms. The lowest BCUT2D eigenvalue weighted by Crippen LogP contribution is -2.47. The number of rotatable bonds is 3. The van der Waals surface area contributed by atoms with Gasteiger partial charge in [-0.1, -0.05) is 23.7 Å². The lowest BCUT2D eigenvalue weighted by Gasteiger charge is -2.34. The second kappa shape index (κ2) is 8.97. The van der Waals surface area contributed by atoms with E-state index in [1.807, 2.05) is 45.0 Å². The topological polar surface area (TPSA) is 78.2 Å². The smallest absolute Gasteiger partial charge is 0.410 e. The molecule has 1 saturated heterocycles. The Morgan fingerprint density at radius 3 is 2.91 bits per heavy atom. The number of carbonyl (C=O) groups excluding carboxylic acids is 1. The number of nitrogens with one attached hydrogen (secondary N) is 1. The van der Waals surface area contributed by atoms with Gasteiger partial charge in [-0.05, 0) is 57.4 Å². The number of amides is 1. The minimum atomic E-state index is -0.522. The van der Waals surface area contributed by atoms with E-state index in [-0.39, 0.29) is 12.1 Å². The Morgan fingerprint density at radius 1 is 1.38 bits per heavy atom. The van der Waals surface area contributed by atoms with Crippen LogP contribution < -0.4 is 5.32 Å². The molecule has 0 unspecified atom stereocenters. The molecule has 166 valence electrons. The summed E-state index contributed by atoms with van der Waals surface area (Å²) in [5.74, 6) is 0.722. The van der Waals surface area contributed by atoms with E-state index in [4.69, 9.17) is 16.3 Å². The van der Waals surface area contributed by atoms with Crippen LogP contribution in [0.5, 0.6) is 0 Å². The molecule has 3 aromatic rings. The van der Waals surface area contributed by atoms with Crippen LogP contribution in [0.1, 0.15) is 39.2 Å². The van der Waals surface area contributed by atoms with Gasteiger partial charge in [-0.2, -0.15) is 5.26 Å². The minimum absolute atomic E-state index is 0.0504. The van der Waals surface area contributed by atoms with Crippen molar-refractivity contribution in [2.24, 2.45) is 0 Å². The molecule has 1 N–H and O–H groups in total. The third-order valence-corrected chi connectivity index (χ3v) is 6.65. The van der Waals surface area contributed by atoms with Crippen LogP contribution in [0.4, 0.5) is 10.6 Å². The van der Waals surface area contributed by atoms with Gasteiger partial charge in [0.2, 0.25) is 0 Å². The number of ether oxygens (including phenoxy) is 1. The van der Waals surface area contributed by atoms with E-state index in [0.717, 1.165) is 39.2 Å². The number of benzene rings is 1. The van der Waals surface area contributed by atoms with Gasteiger partial charge in [0, 0.05) is 40.6 Å². The average Bonchev–Trinajstić information content (AvgIpc) is 3.19. The first kappa shape index (κ1) is 22.4. The molecule has 2 aromatic heterocycles. The van der Waals surface area contributed by atoms with E-state index in [0.29, 0.717) is 23.7 Å². The third-order valence-electron chi connectivity index (χ3n) is 5.20. The fraction of sp³-hybridized carbons (Fsp3) is 0.375. The highest BCUT2D eigenvalue weighted by Gasteiger charge is 2.28. The Labute approximate surface area is 196 Å². The molecule has 0 saturated carbocycles. The summed E-state index contributed by atoms with van der Waals surface area (Å²) in [7, 11) is 0. The number of nitriles is 1. The SMILES string of the molecule is CC(C)(C)OC(=O)N1CCC[C@H](Nc2ncc(C#N)c3sc(-c4cccc(Cl)c4)cc23)C1. The van der Waals surface area contributed by atoms with Crippen molar-refractivity contribution in [1.29, 1.82) is 5.26 Å². The van der Waals surface area contributed by atoms with Crippen molar-refractivity contribution < 1.29 is 9.53 Å².